The van der Waals surface area contributed by atoms with Crippen LogP contribution in [0.4, 0.5) is 11.4 Å². The molecule has 0 bridgehead atoms. The first-order valence-corrected chi connectivity index (χ1v) is 13.2. The molecule has 1 fully saturated rings. The molecule has 1 aliphatic rings. The molecular weight excluding hydrogens is 542 g/mol. The van der Waals surface area contributed by atoms with Crippen LogP contribution in [0, 0.1) is 0 Å². The van der Waals surface area contributed by atoms with Gasteiger partial charge in [-0.2, -0.15) is 0 Å². The number of rotatable bonds is 9. The summed E-state index contributed by atoms with van der Waals surface area (Å²) < 4.78 is 17.5. The molecule has 2 aromatic heterocycles. The molecule has 41 heavy (non-hydrogen) atoms. The quantitative estimate of drug-likeness (QED) is 0.223. The van der Waals surface area contributed by atoms with Gasteiger partial charge in [-0.25, -0.2) is 4.79 Å². The van der Waals surface area contributed by atoms with Gasteiger partial charge in [-0.05, 0) is 66.8 Å². The number of carbonyl (C=O) groups excluding carboxylic acids is 2. The molecule has 3 heterocycles. The van der Waals surface area contributed by atoms with Gasteiger partial charge in [0.25, 0.3) is 0 Å². The van der Waals surface area contributed by atoms with E-state index in [1.807, 2.05) is 70.3 Å². The summed E-state index contributed by atoms with van der Waals surface area (Å²) in [6, 6.07) is 21.6. The van der Waals surface area contributed by atoms with E-state index < -0.39 is 12.0 Å². The van der Waals surface area contributed by atoms with Gasteiger partial charge in [0.05, 0.1) is 42.9 Å². The largest absolute Gasteiger partial charge is 0.495 e. The topological polar surface area (TPSA) is 107 Å². The number of benzene rings is 2. The number of esters is 1. The lowest BCUT2D eigenvalue weighted by atomic mass is 10.00. The van der Waals surface area contributed by atoms with Crippen molar-refractivity contribution < 1.29 is 23.8 Å². The van der Waals surface area contributed by atoms with Crippen LogP contribution in [-0.4, -0.2) is 54.5 Å². The molecule has 0 unspecified atom stereocenters. The number of hydrogen-bond acceptors (Lipinski definition) is 7. The van der Waals surface area contributed by atoms with Crippen molar-refractivity contribution in [1.82, 2.24) is 14.9 Å². The highest BCUT2D eigenvalue weighted by Crippen LogP contribution is 2.44. The summed E-state index contributed by atoms with van der Waals surface area (Å²) in [6.07, 6.45) is 3.64. The maximum Gasteiger partial charge on any atom is 0.339 e. The second kappa shape index (κ2) is 12.2. The highest BCUT2D eigenvalue weighted by atomic mass is 32.1. The average molecular weight is 572 g/mol. The standard InChI is InChI=1S/C30H29N5O5S/c1-38-18-26(36)32-22-17-19(13-14-25(22)39-2)35-28(27(33-30(35)41)21-10-6-7-15-31-21)24-12-8-16-34(24)23-11-5-4-9-20(23)29(37)40-3/h4-17,27-28H,18H2,1-3H3,(H,32,36)(H,33,41)/t27-,28+/m1/s1. The summed E-state index contributed by atoms with van der Waals surface area (Å²) in [5.74, 6) is -0.268. The van der Waals surface area contributed by atoms with Gasteiger partial charge in [0.1, 0.15) is 18.4 Å². The maximum absolute atomic E-state index is 12.7. The first-order valence-electron chi connectivity index (χ1n) is 12.8. The predicted molar refractivity (Wildman–Crippen MR) is 159 cm³/mol. The highest BCUT2D eigenvalue weighted by Gasteiger charge is 2.42. The van der Waals surface area contributed by atoms with Gasteiger partial charge in [-0.15, -0.1) is 0 Å². The van der Waals surface area contributed by atoms with E-state index in [0.29, 0.717) is 33.5 Å². The van der Waals surface area contributed by atoms with Crippen molar-refractivity contribution in [3.05, 3.63) is 102 Å². The molecule has 210 valence electrons. The van der Waals surface area contributed by atoms with Gasteiger partial charge < -0.3 is 34.3 Å². The van der Waals surface area contributed by atoms with Crippen molar-refractivity contribution in [2.75, 3.05) is 38.2 Å². The fourth-order valence-electron chi connectivity index (χ4n) is 5.02. The van der Waals surface area contributed by atoms with E-state index in [1.54, 1.807) is 24.4 Å². The summed E-state index contributed by atoms with van der Waals surface area (Å²) in [5.41, 5.74) is 3.92. The molecule has 2 atom stereocenters. The third-order valence-corrected chi connectivity index (χ3v) is 7.08. The van der Waals surface area contributed by atoms with Crippen LogP contribution in [0.2, 0.25) is 0 Å². The minimum atomic E-state index is -0.440. The molecule has 1 saturated heterocycles. The Bertz CT molecular complexity index is 1570. The molecule has 11 heteroatoms. The zero-order valence-electron chi connectivity index (χ0n) is 22.7. The van der Waals surface area contributed by atoms with Crippen LogP contribution < -0.4 is 20.3 Å². The molecular formula is C30H29N5O5S. The number of pyridine rings is 1. The van der Waals surface area contributed by atoms with E-state index in [4.69, 9.17) is 26.4 Å². The number of nitrogens with one attached hydrogen (secondary N) is 2. The van der Waals surface area contributed by atoms with E-state index in [-0.39, 0.29) is 18.6 Å². The lowest BCUT2D eigenvalue weighted by Crippen LogP contribution is -2.30. The monoisotopic (exact) mass is 571 g/mol. The highest BCUT2D eigenvalue weighted by molar-refractivity contribution is 7.80. The zero-order chi connectivity index (χ0) is 28.9. The lowest BCUT2D eigenvalue weighted by molar-refractivity contribution is -0.119. The number of nitrogens with zero attached hydrogens (tertiary/aromatic N) is 3. The zero-order valence-corrected chi connectivity index (χ0v) is 23.6. The molecule has 4 aromatic rings. The Labute approximate surface area is 242 Å². The van der Waals surface area contributed by atoms with Gasteiger partial charge in [0.15, 0.2) is 5.11 Å². The summed E-state index contributed by atoms with van der Waals surface area (Å²) in [5, 5.41) is 6.77. The van der Waals surface area contributed by atoms with Crippen LogP contribution in [0.25, 0.3) is 5.69 Å². The summed E-state index contributed by atoms with van der Waals surface area (Å²) in [7, 11) is 4.35. The number of hydrogen-bond donors (Lipinski definition) is 2. The third-order valence-electron chi connectivity index (χ3n) is 6.76. The molecule has 2 N–H and O–H groups in total. The number of aromatic nitrogens is 2. The van der Waals surface area contributed by atoms with Gasteiger partial charge in [0.2, 0.25) is 5.91 Å². The van der Waals surface area contributed by atoms with Crippen LogP contribution >= 0.6 is 12.2 Å². The van der Waals surface area contributed by atoms with E-state index in [9.17, 15) is 9.59 Å². The molecule has 0 aliphatic carbocycles. The van der Waals surface area contributed by atoms with Crippen molar-refractivity contribution in [1.29, 1.82) is 0 Å². The molecule has 1 amide bonds. The SMILES string of the molecule is COCC(=O)Nc1cc(N2C(=S)N[C@H](c3ccccn3)[C@@H]2c2cccn2-c2ccccc2C(=O)OC)ccc1OC. The van der Waals surface area contributed by atoms with Crippen LogP contribution in [0.3, 0.4) is 0 Å². The summed E-state index contributed by atoms with van der Waals surface area (Å²) in [6.45, 7) is -0.103. The Morgan fingerprint density at radius 2 is 1.83 bits per heavy atom. The molecule has 2 aromatic carbocycles. The van der Waals surface area contributed by atoms with Crippen molar-refractivity contribution in [3.8, 4) is 11.4 Å². The first kappa shape index (κ1) is 27.8. The minimum absolute atomic E-state index is 0.103. The Hall–Kier alpha value is -4.74. The minimum Gasteiger partial charge on any atom is -0.495 e. The van der Waals surface area contributed by atoms with Gasteiger partial charge in [-0.1, -0.05) is 18.2 Å². The number of anilines is 2. The molecule has 0 spiro atoms. The second-order valence-corrected chi connectivity index (χ2v) is 9.56. The van der Waals surface area contributed by atoms with Crippen molar-refractivity contribution in [3.63, 3.8) is 0 Å². The second-order valence-electron chi connectivity index (χ2n) is 9.17. The lowest BCUT2D eigenvalue weighted by Gasteiger charge is -2.29. The first-order chi connectivity index (χ1) is 20.0. The molecule has 0 saturated carbocycles. The number of para-hydroxylation sites is 1. The predicted octanol–water partition coefficient (Wildman–Crippen LogP) is 4.43. The van der Waals surface area contributed by atoms with Gasteiger partial charge in [-0.3, -0.25) is 9.78 Å². The van der Waals surface area contributed by atoms with Crippen LogP contribution in [-0.2, 0) is 14.3 Å². The number of ether oxygens (including phenoxy) is 3. The normalized spacial score (nSPS) is 16.3. The van der Waals surface area contributed by atoms with Crippen molar-refractivity contribution in [2.45, 2.75) is 12.1 Å². The van der Waals surface area contributed by atoms with Crippen LogP contribution in [0.5, 0.6) is 5.75 Å². The molecule has 1 aliphatic heterocycles. The maximum atomic E-state index is 12.7. The molecule has 10 nitrogen and oxygen atoms in total. The van der Waals surface area contributed by atoms with E-state index >= 15 is 0 Å². The smallest absolute Gasteiger partial charge is 0.339 e. The molecule has 5 rings (SSSR count). The summed E-state index contributed by atoms with van der Waals surface area (Å²) in [4.78, 5) is 31.7. The Kier molecular flexibility index (Phi) is 8.27. The molecule has 0 radical (unpaired) electrons. The number of methoxy groups -OCH3 is 3. The van der Waals surface area contributed by atoms with Gasteiger partial charge >= 0.3 is 5.97 Å². The van der Waals surface area contributed by atoms with E-state index in [0.717, 1.165) is 11.4 Å². The fraction of sp³-hybridized carbons (Fsp3) is 0.200. The Balaban J connectivity index is 1.66. The third kappa shape index (κ3) is 5.49. The van der Waals surface area contributed by atoms with Gasteiger partial charge in [0, 0.05) is 30.9 Å². The van der Waals surface area contributed by atoms with E-state index in [2.05, 4.69) is 15.6 Å². The van der Waals surface area contributed by atoms with Crippen LogP contribution in [0.15, 0.2) is 85.2 Å². The Morgan fingerprint density at radius 1 is 1.02 bits per heavy atom. The number of amides is 1. The van der Waals surface area contributed by atoms with Crippen LogP contribution in [0.1, 0.15) is 33.8 Å². The fourth-order valence-corrected chi connectivity index (χ4v) is 5.36. The van der Waals surface area contributed by atoms with Crippen molar-refractivity contribution >= 4 is 40.6 Å². The average Bonchev–Trinajstić information content (AvgIpc) is 3.61. The number of carbonyl (C=O) groups is 2. The van der Waals surface area contributed by atoms with E-state index in [1.165, 1.54) is 21.3 Å². The Morgan fingerprint density at radius 3 is 2.56 bits per heavy atom. The summed E-state index contributed by atoms with van der Waals surface area (Å²) >= 11 is 5.90. The number of thiocarbonyl (C=S) groups is 1. The van der Waals surface area contributed by atoms with Crippen molar-refractivity contribution in [2.24, 2.45) is 0 Å².